The third-order valence-corrected chi connectivity index (χ3v) is 1.95. The van der Waals surface area contributed by atoms with Crippen LogP contribution in [0.1, 0.15) is 19.8 Å². The average Bonchev–Trinajstić information content (AvgIpc) is 1.97. The maximum absolute atomic E-state index is 3.66. The standard InChI is InChI=1S/C9H16S/c1-4-5-6-9(2)7-8-10-3/h4,6H,1,5,7-8H2,2-3H3/b9-6+. The van der Waals surface area contributed by atoms with Crippen LogP contribution in [0.2, 0.25) is 0 Å². The first kappa shape index (κ1) is 9.83. The summed E-state index contributed by atoms with van der Waals surface area (Å²) in [5, 5.41) is 0. The van der Waals surface area contributed by atoms with E-state index in [4.69, 9.17) is 0 Å². The van der Waals surface area contributed by atoms with Crippen molar-refractivity contribution in [3.05, 3.63) is 24.3 Å². The minimum absolute atomic E-state index is 1.01. The largest absolute Gasteiger partial charge is 0.165 e. The van der Waals surface area contributed by atoms with E-state index in [0.717, 1.165) is 6.42 Å². The summed E-state index contributed by atoms with van der Waals surface area (Å²) in [5.74, 6) is 1.24. The molecule has 0 N–H and O–H groups in total. The normalized spacial score (nSPS) is 11.6. The molecule has 0 aliphatic rings. The van der Waals surface area contributed by atoms with Crippen LogP contribution in [0, 0.1) is 0 Å². The summed E-state index contributed by atoms with van der Waals surface area (Å²) in [6, 6.07) is 0. The number of rotatable bonds is 5. The maximum atomic E-state index is 3.66. The van der Waals surface area contributed by atoms with E-state index in [2.05, 4.69) is 25.8 Å². The molecule has 0 aliphatic carbocycles. The fraction of sp³-hybridized carbons (Fsp3) is 0.556. The van der Waals surface area contributed by atoms with Gasteiger partial charge in [0.1, 0.15) is 0 Å². The molecule has 0 aromatic carbocycles. The highest BCUT2D eigenvalue weighted by molar-refractivity contribution is 7.98. The van der Waals surface area contributed by atoms with Gasteiger partial charge in [0.05, 0.1) is 0 Å². The van der Waals surface area contributed by atoms with E-state index in [1.165, 1.54) is 17.7 Å². The molecular formula is C9H16S. The lowest BCUT2D eigenvalue weighted by Gasteiger charge is -1.96. The van der Waals surface area contributed by atoms with E-state index in [-0.39, 0.29) is 0 Å². The third-order valence-electron chi connectivity index (χ3n) is 1.33. The van der Waals surface area contributed by atoms with E-state index in [9.17, 15) is 0 Å². The molecule has 0 aliphatic heterocycles. The van der Waals surface area contributed by atoms with Gasteiger partial charge >= 0.3 is 0 Å². The minimum atomic E-state index is 1.01. The van der Waals surface area contributed by atoms with Crippen molar-refractivity contribution in [2.75, 3.05) is 12.0 Å². The van der Waals surface area contributed by atoms with Crippen molar-refractivity contribution in [1.82, 2.24) is 0 Å². The molecule has 0 rings (SSSR count). The van der Waals surface area contributed by atoms with E-state index in [1.807, 2.05) is 17.8 Å². The zero-order valence-electron chi connectivity index (χ0n) is 6.89. The van der Waals surface area contributed by atoms with Crippen LogP contribution in [0.3, 0.4) is 0 Å². The van der Waals surface area contributed by atoms with Gasteiger partial charge in [-0.05, 0) is 31.8 Å². The highest BCUT2D eigenvalue weighted by Gasteiger charge is 1.86. The summed E-state index contributed by atoms with van der Waals surface area (Å²) in [6.45, 7) is 5.84. The predicted octanol–water partition coefficient (Wildman–Crippen LogP) is 3.26. The summed E-state index contributed by atoms with van der Waals surface area (Å²) < 4.78 is 0. The van der Waals surface area contributed by atoms with Crippen LogP contribution in [-0.4, -0.2) is 12.0 Å². The van der Waals surface area contributed by atoms with Crippen molar-refractivity contribution in [1.29, 1.82) is 0 Å². The van der Waals surface area contributed by atoms with Gasteiger partial charge in [0.25, 0.3) is 0 Å². The number of hydrogen-bond acceptors (Lipinski definition) is 1. The second-order valence-corrected chi connectivity index (χ2v) is 3.30. The molecule has 0 fully saturated rings. The van der Waals surface area contributed by atoms with E-state index < -0.39 is 0 Å². The van der Waals surface area contributed by atoms with Gasteiger partial charge < -0.3 is 0 Å². The Hall–Kier alpha value is -0.170. The van der Waals surface area contributed by atoms with Crippen molar-refractivity contribution in [3.63, 3.8) is 0 Å². The summed E-state index contributed by atoms with van der Waals surface area (Å²) in [6.07, 6.45) is 8.54. The lowest BCUT2D eigenvalue weighted by Crippen LogP contribution is -1.79. The molecule has 0 radical (unpaired) electrons. The van der Waals surface area contributed by atoms with Crippen molar-refractivity contribution >= 4 is 11.8 Å². The Morgan fingerprint density at radius 2 is 2.30 bits per heavy atom. The van der Waals surface area contributed by atoms with Gasteiger partial charge in [0.15, 0.2) is 0 Å². The van der Waals surface area contributed by atoms with Crippen LogP contribution >= 0.6 is 11.8 Å². The maximum Gasteiger partial charge on any atom is -0.00331 e. The summed E-state index contributed by atoms with van der Waals surface area (Å²) in [7, 11) is 0. The van der Waals surface area contributed by atoms with Crippen LogP contribution in [0.15, 0.2) is 24.3 Å². The summed E-state index contributed by atoms with van der Waals surface area (Å²) >= 11 is 1.90. The Bertz CT molecular complexity index is 114. The SMILES string of the molecule is C=CC/C=C(\C)CCSC. The zero-order chi connectivity index (χ0) is 7.82. The van der Waals surface area contributed by atoms with Crippen molar-refractivity contribution < 1.29 is 0 Å². The molecule has 0 amide bonds. The molecule has 0 atom stereocenters. The van der Waals surface area contributed by atoms with E-state index in [1.54, 1.807) is 0 Å². The van der Waals surface area contributed by atoms with Gasteiger partial charge in [-0.3, -0.25) is 0 Å². The van der Waals surface area contributed by atoms with Gasteiger partial charge in [-0.25, -0.2) is 0 Å². The first-order valence-electron chi connectivity index (χ1n) is 3.56. The molecule has 0 saturated heterocycles. The van der Waals surface area contributed by atoms with Gasteiger partial charge in [0, 0.05) is 0 Å². The summed E-state index contributed by atoms with van der Waals surface area (Å²) in [5.41, 5.74) is 1.48. The van der Waals surface area contributed by atoms with E-state index >= 15 is 0 Å². The molecule has 0 saturated carbocycles. The van der Waals surface area contributed by atoms with Crippen LogP contribution in [0.25, 0.3) is 0 Å². The second-order valence-electron chi connectivity index (χ2n) is 2.32. The number of allylic oxidation sites excluding steroid dienone is 3. The summed E-state index contributed by atoms with van der Waals surface area (Å²) in [4.78, 5) is 0. The van der Waals surface area contributed by atoms with Crippen LogP contribution < -0.4 is 0 Å². The topological polar surface area (TPSA) is 0 Å². The van der Waals surface area contributed by atoms with Gasteiger partial charge in [-0.2, -0.15) is 11.8 Å². The minimum Gasteiger partial charge on any atom is -0.165 e. The molecule has 10 heavy (non-hydrogen) atoms. The van der Waals surface area contributed by atoms with Crippen LogP contribution in [0.5, 0.6) is 0 Å². The van der Waals surface area contributed by atoms with Gasteiger partial charge in [0.2, 0.25) is 0 Å². The molecule has 1 heteroatoms. The first-order chi connectivity index (χ1) is 4.81. The lowest BCUT2D eigenvalue weighted by atomic mass is 10.2. The van der Waals surface area contributed by atoms with Crippen LogP contribution in [0.4, 0.5) is 0 Å². The van der Waals surface area contributed by atoms with Crippen LogP contribution in [-0.2, 0) is 0 Å². The first-order valence-corrected chi connectivity index (χ1v) is 4.96. The van der Waals surface area contributed by atoms with Gasteiger partial charge in [-0.1, -0.05) is 17.7 Å². The molecule has 0 unspecified atom stereocenters. The monoisotopic (exact) mass is 156 g/mol. The molecule has 0 heterocycles. The zero-order valence-corrected chi connectivity index (χ0v) is 7.71. The number of hydrogen-bond donors (Lipinski definition) is 0. The molecule has 0 aromatic rings. The van der Waals surface area contributed by atoms with Crippen molar-refractivity contribution in [2.45, 2.75) is 19.8 Å². The smallest absolute Gasteiger partial charge is 0.00331 e. The molecule has 0 nitrogen and oxygen atoms in total. The van der Waals surface area contributed by atoms with Gasteiger partial charge in [-0.15, -0.1) is 6.58 Å². The molecule has 0 spiro atoms. The Morgan fingerprint density at radius 1 is 1.60 bits per heavy atom. The van der Waals surface area contributed by atoms with Crippen molar-refractivity contribution in [3.8, 4) is 0 Å². The fourth-order valence-electron chi connectivity index (χ4n) is 0.650. The van der Waals surface area contributed by atoms with Crippen molar-refractivity contribution in [2.24, 2.45) is 0 Å². The molecule has 0 aromatic heterocycles. The third kappa shape index (κ3) is 5.96. The van der Waals surface area contributed by atoms with E-state index in [0.29, 0.717) is 0 Å². The lowest BCUT2D eigenvalue weighted by molar-refractivity contribution is 1.09. The fourth-order valence-corrected chi connectivity index (χ4v) is 1.18. The molecule has 58 valence electrons. The number of thioether (sulfide) groups is 1. The molecule has 0 bridgehead atoms. The Balaban J connectivity index is 3.38. The average molecular weight is 156 g/mol. The Labute approximate surface area is 68.4 Å². The molecular weight excluding hydrogens is 140 g/mol. The quantitative estimate of drug-likeness (QED) is 0.550. The second kappa shape index (κ2) is 6.94. The highest BCUT2D eigenvalue weighted by Crippen LogP contribution is 2.06. The predicted molar refractivity (Wildman–Crippen MR) is 51.6 cm³/mol. The highest BCUT2D eigenvalue weighted by atomic mass is 32.2. The Kier molecular flexibility index (Phi) is 6.83. The Morgan fingerprint density at radius 3 is 2.80 bits per heavy atom.